The van der Waals surface area contributed by atoms with Crippen molar-refractivity contribution in [1.82, 2.24) is 19.9 Å². The summed E-state index contributed by atoms with van der Waals surface area (Å²) in [6.07, 6.45) is 5.88. The number of aromatic nitrogens is 3. The lowest BCUT2D eigenvalue weighted by Gasteiger charge is -2.25. The van der Waals surface area contributed by atoms with E-state index in [1.165, 1.54) is 6.42 Å². The molecule has 1 fully saturated rings. The Hall–Kier alpha value is -5.05. The summed E-state index contributed by atoms with van der Waals surface area (Å²) in [5.74, 6) is -1.29. The van der Waals surface area contributed by atoms with Crippen LogP contribution in [-0.2, 0) is 11.2 Å². The van der Waals surface area contributed by atoms with Crippen molar-refractivity contribution in [3.05, 3.63) is 95.7 Å². The molecule has 0 saturated heterocycles. The lowest BCUT2D eigenvalue weighted by atomic mass is 9.94. The Bertz CT molecular complexity index is 1810. The molecule has 5 aromatic rings. The molecule has 4 N–H and O–H groups in total. The van der Waals surface area contributed by atoms with Crippen molar-refractivity contribution in [3.63, 3.8) is 0 Å². The maximum Gasteiger partial charge on any atom is 0.335 e. The zero-order valence-electron chi connectivity index (χ0n) is 23.0. The van der Waals surface area contributed by atoms with Crippen molar-refractivity contribution in [3.8, 4) is 11.4 Å². The summed E-state index contributed by atoms with van der Waals surface area (Å²) in [6, 6.07) is 23.1. The summed E-state index contributed by atoms with van der Waals surface area (Å²) in [7, 11) is 0. The van der Waals surface area contributed by atoms with E-state index in [9.17, 15) is 19.5 Å². The number of aromatic carboxylic acids is 1. The van der Waals surface area contributed by atoms with Crippen LogP contribution in [0.1, 0.15) is 64.6 Å². The number of primary amides is 1. The molecule has 1 saturated carbocycles. The molecule has 9 nitrogen and oxygen atoms in total. The molecule has 212 valence electrons. The van der Waals surface area contributed by atoms with Crippen LogP contribution in [0.2, 0.25) is 0 Å². The third kappa shape index (κ3) is 5.45. The Morgan fingerprint density at radius 3 is 2.43 bits per heavy atom. The first-order chi connectivity index (χ1) is 20.4. The van der Waals surface area contributed by atoms with E-state index in [0.717, 1.165) is 53.5 Å². The zero-order valence-corrected chi connectivity index (χ0v) is 23.0. The van der Waals surface area contributed by atoms with Crippen LogP contribution in [0.4, 0.5) is 0 Å². The maximum absolute atomic E-state index is 13.0. The van der Waals surface area contributed by atoms with Gasteiger partial charge in [-0.05, 0) is 60.9 Å². The van der Waals surface area contributed by atoms with Gasteiger partial charge in [0.1, 0.15) is 17.6 Å². The number of imidazole rings is 1. The van der Waals surface area contributed by atoms with Crippen LogP contribution in [-0.4, -0.2) is 43.5 Å². The summed E-state index contributed by atoms with van der Waals surface area (Å²) in [5, 5.41) is 13.1. The Morgan fingerprint density at radius 2 is 1.69 bits per heavy atom. The van der Waals surface area contributed by atoms with E-state index < -0.39 is 23.8 Å². The number of nitrogens with one attached hydrogen (secondary N) is 1. The van der Waals surface area contributed by atoms with Crippen LogP contribution in [0.3, 0.4) is 0 Å². The SMILES string of the molecule is NC(=O)C(Cc1ccccc1)NC(=O)c1ccc2cc(-c3nc4cc(C(=O)O)ccc4n3C3CCCCC3)ccc2n1. The van der Waals surface area contributed by atoms with Crippen molar-refractivity contribution >= 4 is 39.7 Å². The van der Waals surface area contributed by atoms with E-state index in [2.05, 4.69) is 14.9 Å². The minimum absolute atomic E-state index is 0.185. The minimum atomic E-state index is -0.982. The number of carboxylic acid groups (broad SMARTS) is 1. The normalized spacial score (nSPS) is 14.6. The molecule has 2 aromatic heterocycles. The number of hydrogen-bond acceptors (Lipinski definition) is 5. The molecule has 1 aliphatic rings. The van der Waals surface area contributed by atoms with Gasteiger partial charge in [0.15, 0.2) is 0 Å². The number of hydrogen-bond donors (Lipinski definition) is 3. The van der Waals surface area contributed by atoms with Gasteiger partial charge in [-0.3, -0.25) is 9.59 Å². The Balaban J connectivity index is 1.31. The molecule has 1 aliphatic carbocycles. The van der Waals surface area contributed by atoms with Crippen molar-refractivity contribution in [2.45, 2.75) is 50.6 Å². The third-order valence-electron chi connectivity index (χ3n) is 7.99. The van der Waals surface area contributed by atoms with Crippen molar-refractivity contribution < 1.29 is 19.5 Å². The highest BCUT2D eigenvalue weighted by atomic mass is 16.4. The predicted molar refractivity (Wildman–Crippen MR) is 160 cm³/mol. The van der Waals surface area contributed by atoms with Crippen LogP contribution in [0, 0.1) is 0 Å². The second kappa shape index (κ2) is 11.4. The summed E-state index contributed by atoms with van der Waals surface area (Å²) >= 11 is 0. The predicted octanol–water partition coefficient (Wildman–Crippen LogP) is 5.28. The summed E-state index contributed by atoms with van der Waals surface area (Å²) < 4.78 is 2.26. The Morgan fingerprint density at radius 1 is 0.905 bits per heavy atom. The van der Waals surface area contributed by atoms with E-state index in [-0.39, 0.29) is 23.7 Å². The zero-order chi connectivity index (χ0) is 29.2. The average Bonchev–Trinajstić information content (AvgIpc) is 3.40. The Labute approximate surface area is 242 Å². The molecule has 42 heavy (non-hydrogen) atoms. The number of carbonyl (C=O) groups excluding carboxylic acids is 2. The fourth-order valence-corrected chi connectivity index (χ4v) is 5.84. The van der Waals surface area contributed by atoms with Gasteiger partial charge in [-0.1, -0.05) is 55.7 Å². The Kier molecular flexibility index (Phi) is 7.39. The minimum Gasteiger partial charge on any atom is -0.478 e. The second-order valence-electron chi connectivity index (χ2n) is 10.8. The monoisotopic (exact) mass is 561 g/mol. The molecule has 0 spiro atoms. The molecule has 9 heteroatoms. The smallest absolute Gasteiger partial charge is 0.335 e. The lowest BCUT2D eigenvalue weighted by Crippen LogP contribution is -2.46. The highest BCUT2D eigenvalue weighted by Gasteiger charge is 2.24. The van der Waals surface area contributed by atoms with E-state index in [0.29, 0.717) is 11.0 Å². The van der Waals surface area contributed by atoms with Crippen LogP contribution in [0.15, 0.2) is 78.9 Å². The molecule has 0 aliphatic heterocycles. The van der Waals surface area contributed by atoms with Crippen molar-refractivity contribution in [2.24, 2.45) is 5.73 Å². The van der Waals surface area contributed by atoms with Gasteiger partial charge in [-0.2, -0.15) is 0 Å². The van der Waals surface area contributed by atoms with E-state index in [4.69, 9.17) is 10.7 Å². The maximum atomic E-state index is 13.0. The standard InChI is InChI=1S/C33H31N5O4/c34-30(39)28(17-20-7-3-1-4-8-20)37-32(40)26-15-11-21-18-22(12-14-25(21)35-26)31-36-27-19-23(33(41)42)13-16-29(27)38(31)24-9-5-2-6-10-24/h1,3-4,7-8,11-16,18-19,24,28H,2,5-6,9-10,17H2,(H2,34,39)(H,37,40)(H,41,42). The van der Waals surface area contributed by atoms with Gasteiger partial charge >= 0.3 is 5.97 Å². The molecule has 3 aromatic carbocycles. The van der Waals surface area contributed by atoms with Crippen LogP contribution < -0.4 is 11.1 Å². The number of nitrogens with zero attached hydrogens (tertiary/aromatic N) is 3. The number of carbonyl (C=O) groups is 3. The third-order valence-corrected chi connectivity index (χ3v) is 7.99. The molecule has 1 unspecified atom stereocenters. The van der Waals surface area contributed by atoms with Gasteiger partial charge in [0.2, 0.25) is 5.91 Å². The van der Waals surface area contributed by atoms with E-state index in [1.807, 2.05) is 60.7 Å². The average molecular weight is 562 g/mol. The lowest BCUT2D eigenvalue weighted by molar-refractivity contribution is -0.119. The molecule has 6 rings (SSSR count). The molecular weight excluding hydrogens is 530 g/mol. The van der Waals surface area contributed by atoms with Gasteiger partial charge in [-0.25, -0.2) is 14.8 Å². The van der Waals surface area contributed by atoms with Crippen LogP contribution in [0.5, 0.6) is 0 Å². The van der Waals surface area contributed by atoms with Crippen LogP contribution >= 0.6 is 0 Å². The van der Waals surface area contributed by atoms with Gasteiger partial charge in [0.25, 0.3) is 5.91 Å². The number of carboxylic acids is 1. The highest BCUT2D eigenvalue weighted by molar-refractivity contribution is 5.98. The molecule has 2 heterocycles. The number of benzene rings is 3. The summed E-state index contributed by atoms with van der Waals surface area (Å²) in [4.78, 5) is 46.2. The largest absolute Gasteiger partial charge is 0.478 e. The van der Waals surface area contributed by atoms with Gasteiger partial charge < -0.3 is 20.7 Å². The fourth-order valence-electron chi connectivity index (χ4n) is 5.84. The molecule has 0 bridgehead atoms. The van der Waals surface area contributed by atoms with Gasteiger partial charge in [0, 0.05) is 23.4 Å². The second-order valence-corrected chi connectivity index (χ2v) is 10.8. The van der Waals surface area contributed by atoms with Crippen molar-refractivity contribution in [2.75, 3.05) is 0 Å². The van der Waals surface area contributed by atoms with E-state index in [1.54, 1.807) is 18.2 Å². The van der Waals surface area contributed by atoms with Gasteiger partial charge in [0.05, 0.1) is 22.1 Å². The summed E-state index contributed by atoms with van der Waals surface area (Å²) in [5.41, 5.74) is 9.94. The molecule has 0 radical (unpaired) electrons. The first kappa shape index (κ1) is 27.1. The number of rotatable bonds is 8. The number of nitrogens with two attached hydrogens (primary N) is 1. The van der Waals surface area contributed by atoms with E-state index >= 15 is 0 Å². The number of amides is 2. The molecule has 1 atom stereocenters. The molecule has 2 amide bonds. The van der Waals surface area contributed by atoms with Crippen molar-refractivity contribution in [1.29, 1.82) is 0 Å². The quantitative estimate of drug-likeness (QED) is 0.235. The topological polar surface area (TPSA) is 140 Å². The summed E-state index contributed by atoms with van der Waals surface area (Å²) in [6.45, 7) is 0. The first-order valence-electron chi connectivity index (χ1n) is 14.2. The van der Waals surface area contributed by atoms with Gasteiger partial charge in [-0.15, -0.1) is 0 Å². The number of pyridine rings is 1. The number of fused-ring (bicyclic) bond motifs is 2. The van der Waals surface area contributed by atoms with Crippen LogP contribution in [0.25, 0.3) is 33.3 Å². The highest BCUT2D eigenvalue weighted by Crippen LogP contribution is 2.36. The molecular formula is C33H31N5O4. The first-order valence-corrected chi connectivity index (χ1v) is 14.2. The fraction of sp³-hybridized carbons (Fsp3) is 0.242.